The summed E-state index contributed by atoms with van der Waals surface area (Å²) in [6.07, 6.45) is 0. The number of rotatable bonds is 8. The number of nitrogens with zero attached hydrogens (tertiary/aromatic N) is 2. The summed E-state index contributed by atoms with van der Waals surface area (Å²) in [6, 6.07) is 23.0. The highest BCUT2D eigenvalue weighted by molar-refractivity contribution is 7.89. The number of piperazine rings is 1. The molecule has 8 nitrogen and oxygen atoms in total. The summed E-state index contributed by atoms with van der Waals surface area (Å²) in [6.45, 7) is 1.80. The number of methoxy groups -OCH3 is 1. The van der Waals surface area contributed by atoms with Crippen molar-refractivity contribution >= 4 is 21.6 Å². The highest BCUT2D eigenvalue weighted by Gasteiger charge is 2.29. The van der Waals surface area contributed by atoms with Crippen molar-refractivity contribution in [3.05, 3.63) is 78.9 Å². The van der Waals surface area contributed by atoms with E-state index in [4.69, 9.17) is 9.47 Å². The first-order valence-corrected chi connectivity index (χ1v) is 12.4. The minimum Gasteiger partial charge on any atom is -0.497 e. The van der Waals surface area contributed by atoms with Crippen LogP contribution in [0.25, 0.3) is 0 Å². The van der Waals surface area contributed by atoms with Crippen LogP contribution in [0.4, 0.5) is 5.69 Å². The Hall–Kier alpha value is -3.40. The largest absolute Gasteiger partial charge is 0.497 e. The number of para-hydroxylation sites is 1. The molecule has 1 saturated heterocycles. The summed E-state index contributed by atoms with van der Waals surface area (Å²) in [5, 5.41) is 2.88. The van der Waals surface area contributed by atoms with E-state index in [-0.39, 0.29) is 17.3 Å². The van der Waals surface area contributed by atoms with Gasteiger partial charge in [0.15, 0.2) is 0 Å². The molecule has 0 bridgehead atoms. The lowest BCUT2D eigenvalue weighted by molar-refractivity contribution is -0.117. The van der Waals surface area contributed by atoms with E-state index in [0.717, 1.165) is 5.75 Å². The summed E-state index contributed by atoms with van der Waals surface area (Å²) in [5.74, 6) is 1.88. The van der Waals surface area contributed by atoms with Crippen LogP contribution in [-0.4, -0.2) is 63.4 Å². The molecule has 34 heavy (non-hydrogen) atoms. The molecule has 1 fully saturated rings. The minimum absolute atomic E-state index is 0.150. The molecule has 0 aliphatic carbocycles. The molecule has 178 valence electrons. The van der Waals surface area contributed by atoms with E-state index >= 15 is 0 Å². The van der Waals surface area contributed by atoms with Crippen LogP contribution in [0.2, 0.25) is 0 Å². The van der Waals surface area contributed by atoms with Gasteiger partial charge in [-0.3, -0.25) is 9.69 Å². The maximum Gasteiger partial charge on any atom is 0.243 e. The molecular formula is C25H27N3O5S. The molecule has 0 radical (unpaired) electrons. The van der Waals surface area contributed by atoms with E-state index in [1.807, 2.05) is 35.2 Å². The van der Waals surface area contributed by atoms with Gasteiger partial charge in [0.05, 0.1) is 18.6 Å². The van der Waals surface area contributed by atoms with Crippen LogP contribution in [0.5, 0.6) is 17.2 Å². The summed E-state index contributed by atoms with van der Waals surface area (Å²) in [7, 11) is -2.04. The van der Waals surface area contributed by atoms with E-state index in [2.05, 4.69) is 5.32 Å². The van der Waals surface area contributed by atoms with Crippen molar-refractivity contribution in [3.8, 4) is 17.2 Å². The second-order valence-corrected chi connectivity index (χ2v) is 9.78. The molecule has 3 aromatic carbocycles. The highest BCUT2D eigenvalue weighted by atomic mass is 32.2. The molecule has 4 rings (SSSR count). The molecule has 0 atom stereocenters. The molecule has 0 aromatic heterocycles. The molecule has 1 heterocycles. The number of amides is 1. The zero-order chi connectivity index (χ0) is 24.0. The summed E-state index contributed by atoms with van der Waals surface area (Å²) < 4.78 is 38.1. The van der Waals surface area contributed by atoms with Crippen molar-refractivity contribution in [1.82, 2.24) is 9.21 Å². The second kappa shape index (κ2) is 10.7. The SMILES string of the molecule is COc1ccc(S(=O)(=O)N2CCN(CC(=O)Nc3ccc(Oc4ccccc4)cc3)CC2)cc1. The predicted molar refractivity (Wildman–Crippen MR) is 130 cm³/mol. The number of sulfonamides is 1. The normalized spacial score (nSPS) is 15.0. The molecule has 0 spiro atoms. The van der Waals surface area contributed by atoms with Crippen molar-refractivity contribution < 1.29 is 22.7 Å². The van der Waals surface area contributed by atoms with Gasteiger partial charge >= 0.3 is 0 Å². The molecule has 0 unspecified atom stereocenters. The van der Waals surface area contributed by atoms with Gasteiger partial charge in [-0.25, -0.2) is 8.42 Å². The maximum absolute atomic E-state index is 12.9. The van der Waals surface area contributed by atoms with Crippen molar-refractivity contribution in [1.29, 1.82) is 0 Å². The Morgan fingerprint density at radius 3 is 2.03 bits per heavy atom. The average Bonchev–Trinajstić information content (AvgIpc) is 2.86. The predicted octanol–water partition coefficient (Wildman–Crippen LogP) is 3.43. The van der Waals surface area contributed by atoms with Gasteiger partial charge in [0.1, 0.15) is 17.2 Å². The van der Waals surface area contributed by atoms with E-state index in [1.165, 1.54) is 11.4 Å². The second-order valence-electron chi connectivity index (χ2n) is 7.84. The number of hydrogen-bond acceptors (Lipinski definition) is 6. The van der Waals surface area contributed by atoms with Gasteiger partial charge in [0.25, 0.3) is 0 Å². The average molecular weight is 482 g/mol. The third kappa shape index (κ3) is 5.93. The molecule has 3 aromatic rings. The standard InChI is InChI=1S/C25H27N3O5S/c1-32-21-11-13-24(14-12-21)34(30,31)28-17-15-27(16-18-28)19-25(29)26-20-7-9-23(10-8-20)33-22-5-3-2-4-6-22/h2-14H,15-19H2,1H3,(H,26,29). The summed E-state index contributed by atoms with van der Waals surface area (Å²) in [5.41, 5.74) is 0.672. The summed E-state index contributed by atoms with van der Waals surface area (Å²) in [4.78, 5) is 14.7. The Kier molecular flexibility index (Phi) is 7.46. The quantitative estimate of drug-likeness (QED) is 0.530. The first kappa shape index (κ1) is 23.7. The van der Waals surface area contributed by atoms with Crippen LogP contribution < -0.4 is 14.8 Å². The molecule has 1 N–H and O–H groups in total. The fourth-order valence-electron chi connectivity index (χ4n) is 3.66. The Morgan fingerprint density at radius 1 is 0.824 bits per heavy atom. The van der Waals surface area contributed by atoms with Gasteiger partial charge in [-0.2, -0.15) is 4.31 Å². The molecular weight excluding hydrogens is 454 g/mol. The molecule has 1 aliphatic heterocycles. The number of ether oxygens (including phenoxy) is 2. The number of carbonyl (C=O) groups excluding carboxylic acids is 1. The summed E-state index contributed by atoms with van der Waals surface area (Å²) >= 11 is 0. The van der Waals surface area contributed by atoms with Crippen LogP contribution in [0.3, 0.4) is 0 Å². The lowest BCUT2D eigenvalue weighted by Gasteiger charge is -2.33. The maximum atomic E-state index is 12.9. The van der Waals surface area contributed by atoms with Crippen LogP contribution >= 0.6 is 0 Å². The lowest BCUT2D eigenvalue weighted by Crippen LogP contribution is -2.50. The van der Waals surface area contributed by atoms with Crippen LogP contribution in [-0.2, 0) is 14.8 Å². The van der Waals surface area contributed by atoms with Crippen molar-refractivity contribution in [3.63, 3.8) is 0 Å². The van der Waals surface area contributed by atoms with Crippen molar-refractivity contribution in [2.24, 2.45) is 0 Å². The van der Waals surface area contributed by atoms with E-state index in [0.29, 0.717) is 43.4 Å². The van der Waals surface area contributed by atoms with Crippen LogP contribution in [0, 0.1) is 0 Å². The highest BCUT2D eigenvalue weighted by Crippen LogP contribution is 2.23. The smallest absolute Gasteiger partial charge is 0.243 e. The van der Waals surface area contributed by atoms with Gasteiger partial charge in [0, 0.05) is 31.9 Å². The topological polar surface area (TPSA) is 88.2 Å². The van der Waals surface area contributed by atoms with Gasteiger partial charge in [-0.15, -0.1) is 0 Å². The van der Waals surface area contributed by atoms with E-state index in [1.54, 1.807) is 48.5 Å². The fraction of sp³-hybridized carbons (Fsp3) is 0.240. The first-order chi connectivity index (χ1) is 16.4. The number of anilines is 1. The molecule has 1 amide bonds. The van der Waals surface area contributed by atoms with Crippen LogP contribution in [0.1, 0.15) is 0 Å². The van der Waals surface area contributed by atoms with Gasteiger partial charge in [0.2, 0.25) is 15.9 Å². The van der Waals surface area contributed by atoms with Crippen LogP contribution in [0.15, 0.2) is 83.8 Å². The monoisotopic (exact) mass is 481 g/mol. The van der Waals surface area contributed by atoms with Crippen molar-refractivity contribution in [2.75, 3.05) is 45.2 Å². The molecule has 9 heteroatoms. The van der Waals surface area contributed by atoms with E-state index < -0.39 is 10.0 Å². The van der Waals surface area contributed by atoms with Gasteiger partial charge in [-0.1, -0.05) is 18.2 Å². The minimum atomic E-state index is -3.58. The third-order valence-corrected chi connectivity index (χ3v) is 7.43. The fourth-order valence-corrected chi connectivity index (χ4v) is 5.08. The number of hydrogen-bond donors (Lipinski definition) is 1. The number of carbonyl (C=O) groups is 1. The van der Waals surface area contributed by atoms with Gasteiger partial charge in [-0.05, 0) is 60.7 Å². The Morgan fingerprint density at radius 2 is 1.41 bits per heavy atom. The number of nitrogens with one attached hydrogen (secondary N) is 1. The Balaban J connectivity index is 1.25. The van der Waals surface area contributed by atoms with Gasteiger partial charge < -0.3 is 14.8 Å². The Bertz CT molecular complexity index is 1190. The van der Waals surface area contributed by atoms with Crippen molar-refractivity contribution in [2.45, 2.75) is 4.90 Å². The zero-order valence-electron chi connectivity index (χ0n) is 18.9. The zero-order valence-corrected chi connectivity index (χ0v) is 19.7. The molecule has 1 aliphatic rings. The molecule has 0 saturated carbocycles. The first-order valence-electron chi connectivity index (χ1n) is 10.9. The number of benzene rings is 3. The Labute approximate surface area is 199 Å². The van der Waals surface area contributed by atoms with E-state index in [9.17, 15) is 13.2 Å². The third-order valence-electron chi connectivity index (χ3n) is 5.51. The lowest BCUT2D eigenvalue weighted by atomic mass is 10.3.